The molecule has 2 aromatic carbocycles. The maximum absolute atomic E-state index is 6.25. The van der Waals surface area contributed by atoms with E-state index in [9.17, 15) is 0 Å². The highest BCUT2D eigenvalue weighted by Gasteiger charge is 2.09. The van der Waals surface area contributed by atoms with E-state index < -0.39 is 0 Å². The molecule has 1 N–H and O–H groups in total. The molecule has 0 radical (unpaired) electrons. The van der Waals surface area contributed by atoms with Gasteiger partial charge in [-0.15, -0.1) is 0 Å². The summed E-state index contributed by atoms with van der Waals surface area (Å²) >= 11 is 12.5. The van der Waals surface area contributed by atoms with Crippen LogP contribution in [0, 0.1) is 0 Å². The van der Waals surface area contributed by atoms with Crippen molar-refractivity contribution in [2.45, 2.75) is 20.3 Å². The van der Waals surface area contributed by atoms with Gasteiger partial charge in [-0.05, 0) is 43.3 Å². The Labute approximate surface area is 143 Å². The molecule has 0 unspecified atom stereocenters. The predicted molar refractivity (Wildman–Crippen MR) is 97.7 cm³/mol. The molecular formula is C18H22Cl2N2. The summed E-state index contributed by atoms with van der Waals surface area (Å²) < 4.78 is 0. The molecule has 118 valence electrons. The molecule has 0 saturated carbocycles. The fraction of sp³-hybridized carbons (Fsp3) is 0.333. The Hall–Kier alpha value is -1.22. The van der Waals surface area contributed by atoms with Gasteiger partial charge < -0.3 is 10.2 Å². The van der Waals surface area contributed by atoms with E-state index in [0.717, 1.165) is 37.4 Å². The van der Waals surface area contributed by atoms with Crippen LogP contribution in [0.5, 0.6) is 0 Å². The van der Waals surface area contributed by atoms with Crippen LogP contribution in [0.15, 0.2) is 42.5 Å². The van der Waals surface area contributed by atoms with Crippen LogP contribution >= 0.6 is 23.2 Å². The normalized spacial score (nSPS) is 11.0. The van der Waals surface area contributed by atoms with Crippen LogP contribution in [0.25, 0.3) is 0 Å². The summed E-state index contributed by atoms with van der Waals surface area (Å²) in [5, 5.41) is 4.65. The van der Waals surface area contributed by atoms with Crippen LogP contribution in [0.3, 0.4) is 0 Å². The zero-order valence-electron chi connectivity index (χ0n) is 13.1. The molecule has 22 heavy (non-hydrogen) atoms. The molecule has 2 nitrogen and oxygen atoms in total. The Morgan fingerprint density at radius 3 is 2.18 bits per heavy atom. The van der Waals surface area contributed by atoms with Gasteiger partial charge in [-0.2, -0.15) is 0 Å². The van der Waals surface area contributed by atoms with Gasteiger partial charge in [0, 0.05) is 12.2 Å². The first kappa shape index (κ1) is 17.1. The standard InChI is InChI=1S/C18H22Cl2N2/c1-3-22(4-2)13-12-14-8-5-6-11-17(14)21-18-15(19)9-7-10-16(18)20/h5-11,21H,3-4,12-13H2,1-2H3. The number of hydrogen-bond donors (Lipinski definition) is 1. The lowest BCUT2D eigenvalue weighted by Crippen LogP contribution is -2.25. The molecule has 0 atom stereocenters. The van der Waals surface area contributed by atoms with E-state index in [-0.39, 0.29) is 0 Å². The third kappa shape index (κ3) is 4.39. The number of hydrogen-bond acceptors (Lipinski definition) is 2. The van der Waals surface area contributed by atoms with Crippen molar-refractivity contribution in [2.24, 2.45) is 0 Å². The van der Waals surface area contributed by atoms with Gasteiger partial charge in [0.05, 0.1) is 15.7 Å². The van der Waals surface area contributed by atoms with Gasteiger partial charge in [0.25, 0.3) is 0 Å². The molecule has 4 heteroatoms. The van der Waals surface area contributed by atoms with E-state index in [1.54, 1.807) is 0 Å². The number of anilines is 2. The number of halogens is 2. The van der Waals surface area contributed by atoms with Crippen molar-refractivity contribution in [2.75, 3.05) is 25.0 Å². The van der Waals surface area contributed by atoms with Crippen molar-refractivity contribution in [3.63, 3.8) is 0 Å². The number of nitrogens with one attached hydrogen (secondary N) is 1. The quantitative estimate of drug-likeness (QED) is 0.705. The molecule has 2 rings (SSSR count). The summed E-state index contributed by atoms with van der Waals surface area (Å²) in [4.78, 5) is 2.42. The second-order valence-corrected chi connectivity index (χ2v) is 5.97. The maximum atomic E-state index is 6.25. The lowest BCUT2D eigenvalue weighted by atomic mass is 10.1. The highest BCUT2D eigenvalue weighted by molar-refractivity contribution is 6.39. The van der Waals surface area contributed by atoms with Crippen molar-refractivity contribution < 1.29 is 0 Å². The average Bonchev–Trinajstić information content (AvgIpc) is 2.53. The number of likely N-dealkylation sites (N-methyl/N-ethyl adjacent to an activating group) is 1. The fourth-order valence-corrected chi connectivity index (χ4v) is 2.92. The summed E-state index contributed by atoms with van der Waals surface area (Å²) in [7, 11) is 0. The van der Waals surface area contributed by atoms with E-state index in [1.807, 2.05) is 24.3 Å². The zero-order chi connectivity index (χ0) is 15.9. The van der Waals surface area contributed by atoms with Crippen LogP contribution in [0.4, 0.5) is 11.4 Å². The van der Waals surface area contributed by atoms with Gasteiger partial charge in [-0.3, -0.25) is 0 Å². The minimum atomic E-state index is 0.631. The third-order valence-electron chi connectivity index (χ3n) is 3.83. The first-order valence-electron chi connectivity index (χ1n) is 7.67. The van der Waals surface area contributed by atoms with E-state index in [0.29, 0.717) is 10.0 Å². The van der Waals surface area contributed by atoms with Gasteiger partial charge >= 0.3 is 0 Å². The molecule has 0 amide bonds. The largest absolute Gasteiger partial charge is 0.353 e. The second kappa shape index (κ2) is 8.42. The molecule has 0 fully saturated rings. The first-order chi connectivity index (χ1) is 10.7. The van der Waals surface area contributed by atoms with Crippen molar-refractivity contribution in [1.29, 1.82) is 0 Å². The Morgan fingerprint density at radius 2 is 1.55 bits per heavy atom. The first-order valence-corrected chi connectivity index (χ1v) is 8.42. The fourth-order valence-electron chi connectivity index (χ4n) is 2.43. The summed E-state index contributed by atoms with van der Waals surface area (Å²) in [6.07, 6.45) is 0.993. The molecule has 0 bridgehead atoms. The Balaban J connectivity index is 2.18. The number of nitrogens with zero attached hydrogens (tertiary/aromatic N) is 1. The molecule has 0 heterocycles. The average molecular weight is 337 g/mol. The topological polar surface area (TPSA) is 15.3 Å². The van der Waals surface area contributed by atoms with Crippen LogP contribution in [-0.2, 0) is 6.42 Å². The van der Waals surface area contributed by atoms with E-state index in [1.165, 1.54) is 5.56 Å². The van der Waals surface area contributed by atoms with E-state index in [4.69, 9.17) is 23.2 Å². The molecule has 0 aliphatic rings. The van der Waals surface area contributed by atoms with Crippen molar-refractivity contribution in [3.05, 3.63) is 58.1 Å². The number of rotatable bonds is 7. The van der Waals surface area contributed by atoms with Crippen LogP contribution in [0.1, 0.15) is 19.4 Å². The van der Waals surface area contributed by atoms with Crippen LogP contribution in [-0.4, -0.2) is 24.5 Å². The third-order valence-corrected chi connectivity index (χ3v) is 4.46. The highest BCUT2D eigenvalue weighted by atomic mass is 35.5. The van der Waals surface area contributed by atoms with Gasteiger partial charge in [0.1, 0.15) is 0 Å². The Morgan fingerprint density at radius 1 is 0.909 bits per heavy atom. The summed E-state index contributed by atoms with van der Waals surface area (Å²) in [6.45, 7) is 7.57. The van der Waals surface area contributed by atoms with Crippen molar-refractivity contribution in [3.8, 4) is 0 Å². The van der Waals surface area contributed by atoms with Crippen molar-refractivity contribution >= 4 is 34.6 Å². The number of benzene rings is 2. The summed E-state index contributed by atoms with van der Waals surface area (Å²) in [5.74, 6) is 0. The molecule has 2 aromatic rings. The maximum Gasteiger partial charge on any atom is 0.0762 e. The van der Waals surface area contributed by atoms with Gasteiger partial charge in [0.15, 0.2) is 0 Å². The molecule has 0 aliphatic carbocycles. The summed E-state index contributed by atoms with van der Waals surface area (Å²) in [6, 6.07) is 13.8. The number of para-hydroxylation sites is 2. The Kier molecular flexibility index (Phi) is 6.56. The van der Waals surface area contributed by atoms with Gasteiger partial charge in [-0.1, -0.05) is 61.3 Å². The van der Waals surface area contributed by atoms with Gasteiger partial charge in [0.2, 0.25) is 0 Å². The van der Waals surface area contributed by atoms with Gasteiger partial charge in [-0.25, -0.2) is 0 Å². The van der Waals surface area contributed by atoms with Crippen molar-refractivity contribution in [1.82, 2.24) is 4.90 Å². The minimum absolute atomic E-state index is 0.631. The van der Waals surface area contributed by atoms with E-state index in [2.05, 4.69) is 42.3 Å². The highest BCUT2D eigenvalue weighted by Crippen LogP contribution is 2.33. The zero-order valence-corrected chi connectivity index (χ0v) is 14.6. The van der Waals surface area contributed by atoms with E-state index >= 15 is 0 Å². The summed E-state index contributed by atoms with van der Waals surface area (Å²) in [5.41, 5.74) is 3.09. The predicted octanol–water partition coefficient (Wildman–Crippen LogP) is 5.62. The molecule has 0 saturated heterocycles. The monoisotopic (exact) mass is 336 g/mol. The molecule has 0 spiro atoms. The molecular weight excluding hydrogens is 315 g/mol. The lowest BCUT2D eigenvalue weighted by molar-refractivity contribution is 0.308. The SMILES string of the molecule is CCN(CC)CCc1ccccc1Nc1c(Cl)cccc1Cl. The molecule has 0 aliphatic heterocycles. The van der Waals surface area contributed by atoms with Crippen LogP contribution < -0.4 is 5.32 Å². The lowest BCUT2D eigenvalue weighted by Gasteiger charge is -2.19. The Bertz CT molecular complexity index is 590. The van der Waals surface area contributed by atoms with Crippen LogP contribution in [0.2, 0.25) is 10.0 Å². The molecule has 0 aromatic heterocycles. The smallest absolute Gasteiger partial charge is 0.0762 e. The second-order valence-electron chi connectivity index (χ2n) is 5.16. The minimum Gasteiger partial charge on any atom is -0.353 e.